The van der Waals surface area contributed by atoms with Crippen LogP contribution in [0.4, 0.5) is 17.1 Å². The summed E-state index contributed by atoms with van der Waals surface area (Å²) in [5.74, 6) is 0. The molecule has 14 rings (SSSR count). The zero-order valence-corrected chi connectivity index (χ0v) is 33.8. The summed E-state index contributed by atoms with van der Waals surface area (Å²) in [5, 5.41) is 3.73. The van der Waals surface area contributed by atoms with Crippen molar-refractivity contribution < 1.29 is 20.9 Å². The van der Waals surface area contributed by atoms with Gasteiger partial charge in [0.1, 0.15) is 11.2 Å². The Balaban J connectivity index is 1.09. The van der Waals surface area contributed by atoms with Crippen LogP contribution >= 0.6 is 0 Å². The minimum atomic E-state index is -2.07. The summed E-state index contributed by atoms with van der Waals surface area (Å²) in [4.78, 5) is 2.16. The monoisotopic (exact) mass is 826 g/mol. The molecule has 3 heteroatoms. The van der Waals surface area contributed by atoms with Crippen molar-refractivity contribution in [2.24, 2.45) is 0 Å². The van der Waals surface area contributed by atoms with Gasteiger partial charge in [0, 0.05) is 50.2 Å². The third kappa shape index (κ3) is 4.76. The maximum absolute atomic E-state index is 9.80. The lowest BCUT2D eigenvalue weighted by atomic mass is 9.70. The first kappa shape index (κ1) is 25.5. The number of rotatable bonds is 5. The summed E-state index contributed by atoms with van der Waals surface area (Å²) in [7, 11) is 0. The van der Waals surface area contributed by atoms with E-state index in [0.717, 1.165) is 66.4 Å². The molecule has 1 spiro atoms. The highest BCUT2D eigenvalue weighted by Crippen LogP contribution is 2.63. The molecule has 0 bridgehead atoms. The van der Waals surface area contributed by atoms with E-state index in [1.807, 2.05) is 83.4 Å². The Hall–Kier alpha value is -8.40. The highest BCUT2D eigenvalue weighted by Gasteiger charge is 2.52. The fourth-order valence-corrected chi connectivity index (χ4v) is 10.5. The molecule has 10 aromatic carbocycles. The number of anilines is 3. The highest BCUT2D eigenvalue weighted by molar-refractivity contribution is 6.12. The molecule has 2 aromatic heterocycles. The van der Waals surface area contributed by atoms with Crippen molar-refractivity contribution in [3.8, 4) is 39.1 Å². The second-order valence-electron chi connectivity index (χ2n) is 16.3. The predicted octanol–water partition coefficient (Wildman–Crippen LogP) is 16.2. The van der Waals surface area contributed by atoms with Gasteiger partial charge in [-0.2, -0.15) is 0 Å². The molecule has 0 amide bonds. The minimum Gasteiger partial charge on any atom is -0.456 e. The molecule has 0 saturated heterocycles. The molecule has 2 heterocycles. The van der Waals surface area contributed by atoms with Gasteiger partial charge >= 0.3 is 0 Å². The van der Waals surface area contributed by atoms with Crippen molar-refractivity contribution in [3.05, 3.63) is 252 Å². The van der Waals surface area contributed by atoms with Gasteiger partial charge in [0.25, 0.3) is 0 Å². The maximum atomic E-state index is 9.80. The van der Waals surface area contributed by atoms with E-state index in [2.05, 4.69) is 71.6 Å². The van der Waals surface area contributed by atoms with Gasteiger partial charge in [-0.1, -0.05) is 170 Å². The van der Waals surface area contributed by atoms with Crippen molar-refractivity contribution in [2.75, 3.05) is 4.90 Å². The van der Waals surface area contributed by atoms with Crippen molar-refractivity contribution in [3.63, 3.8) is 0 Å². The molecule has 12 aromatic rings. The highest BCUT2D eigenvalue weighted by atomic mass is 16.3. The maximum Gasteiger partial charge on any atom is 0.137 e. The lowest BCUT2D eigenvalue weighted by Gasteiger charge is -2.30. The van der Waals surface area contributed by atoms with E-state index < -0.39 is 77.9 Å². The molecular weight excluding hydrogens is 777 g/mol. The van der Waals surface area contributed by atoms with Crippen LogP contribution in [0.3, 0.4) is 0 Å². The van der Waals surface area contributed by atoms with Crippen LogP contribution in [0.2, 0.25) is 0 Å². The molecule has 2 aliphatic carbocycles. The molecular formula is C61H38N2O. The first-order valence-corrected chi connectivity index (χ1v) is 21.1. The number of aromatic nitrogens is 1. The van der Waals surface area contributed by atoms with Crippen LogP contribution in [-0.2, 0) is 5.41 Å². The number of nitrogens with zero attached hydrogens (tertiary/aromatic N) is 2. The zero-order valence-electron chi connectivity index (χ0n) is 45.8. The third-order valence-electron chi connectivity index (χ3n) is 13.1. The molecule has 0 atom stereocenters. The summed E-state index contributed by atoms with van der Waals surface area (Å²) < 4.78 is 120. The molecule has 0 fully saturated rings. The predicted molar refractivity (Wildman–Crippen MR) is 264 cm³/mol. The number of hydrogen-bond donors (Lipinski definition) is 0. The van der Waals surface area contributed by atoms with Crippen LogP contribution in [0.25, 0.3) is 82.8 Å². The first-order chi connectivity index (χ1) is 36.7. The van der Waals surface area contributed by atoms with E-state index in [0.29, 0.717) is 16.8 Å². The molecule has 64 heavy (non-hydrogen) atoms. The van der Waals surface area contributed by atoms with E-state index in [4.69, 9.17) is 12.6 Å². The van der Waals surface area contributed by atoms with Crippen LogP contribution in [0.5, 0.6) is 0 Å². The normalized spacial score (nSPS) is 15.8. The average molecular weight is 827 g/mol. The Bertz CT molecular complexity index is 4500. The summed E-state index contributed by atoms with van der Waals surface area (Å²) >= 11 is 0. The molecule has 0 unspecified atom stereocenters. The van der Waals surface area contributed by atoms with Gasteiger partial charge in [-0.15, -0.1) is 0 Å². The third-order valence-corrected chi connectivity index (χ3v) is 13.1. The van der Waals surface area contributed by atoms with Gasteiger partial charge in [0.2, 0.25) is 0 Å². The first-order valence-electron chi connectivity index (χ1n) is 27.1. The Morgan fingerprint density at radius 2 is 0.969 bits per heavy atom. The van der Waals surface area contributed by atoms with Crippen LogP contribution in [0, 0.1) is 0 Å². The van der Waals surface area contributed by atoms with Crippen LogP contribution in [0.15, 0.2) is 235 Å². The van der Waals surface area contributed by atoms with E-state index in [1.165, 1.54) is 0 Å². The molecule has 0 radical (unpaired) electrons. The Kier molecular flexibility index (Phi) is 5.30. The van der Waals surface area contributed by atoms with Gasteiger partial charge in [-0.25, -0.2) is 0 Å². The standard InChI is InChI=1S/C61H38N2O/c1-2-15-39(16-3-1)40-29-31-41(32-30-40)62(43-34-36-49-48-20-8-13-28-58(48)64-59(49)38-43)42-33-35-47-46-19-7-12-26-55(46)63(57(47)37-42)56-27-14-25-54-60(56)50-21-6-11-24-53(50)61(54)51-22-9-4-17-44(51)45-18-5-10-23-52(45)61/h1-38H/i4D,5D,6D,9D,10D,11D,17D,18D,21D,22D,23D,24D. The Morgan fingerprint density at radius 3 is 1.73 bits per heavy atom. The number of fused-ring (bicyclic) bond motifs is 16. The number of benzene rings is 10. The summed E-state index contributed by atoms with van der Waals surface area (Å²) in [6, 6.07) is 45.4. The lowest BCUT2D eigenvalue weighted by molar-refractivity contribution is 0.669. The number of furan rings is 1. The molecule has 3 nitrogen and oxygen atoms in total. The van der Waals surface area contributed by atoms with E-state index >= 15 is 0 Å². The van der Waals surface area contributed by atoms with Gasteiger partial charge < -0.3 is 13.9 Å². The molecule has 0 N–H and O–H groups in total. The second-order valence-corrected chi connectivity index (χ2v) is 16.3. The van der Waals surface area contributed by atoms with E-state index in [9.17, 15) is 8.22 Å². The Morgan fingerprint density at radius 1 is 0.406 bits per heavy atom. The average Bonchev–Trinajstić information content (AvgIpc) is 4.35. The summed E-state index contributed by atoms with van der Waals surface area (Å²) in [6.07, 6.45) is 0. The van der Waals surface area contributed by atoms with Crippen LogP contribution < -0.4 is 4.90 Å². The van der Waals surface area contributed by atoms with Gasteiger partial charge in [-0.3, -0.25) is 0 Å². The van der Waals surface area contributed by atoms with Crippen LogP contribution in [-0.4, -0.2) is 4.57 Å². The molecule has 0 aliphatic heterocycles. The van der Waals surface area contributed by atoms with Crippen molar-refractivity contribution in [1.82, 2.24) is 4.57 Å². The zero-order chi connectivity index (χ0) is 52.4. The van der Waals surface area contributed by atoms with Crippen LogP contribution in [0.1, 0.15) is 38.7 Å². The topological polar surface area (TPSA) is 21.3 Å². The molecule has 0 saturated carbocycles. The van der Waals surface area contributed by atoms with Gasteiger partial charge in [-0.05, 0) is 105 Å². The number of para-hydroxylation sites is 2. The molecule has 2 aliphatic rings. The van der Waals surface area contributed by atoms with Crippen molar-refractivity contribution in [2.45, 2.75) is 5.41 Å². The van der Waals surface area contributed by atoms with E-state index in [1.54, 1.807) is 12.1 Å². The SMILES string of the molecule is [2H]c1c([2H])c([2H])c2c(c1[2H])-c1c(-n3c4ccccc4c4ccc(N(c5ccc(-c6ccccc6)cc5)c5ccc6c(c5)oc5ccccc56)cc43)cccc1C21c2c([2H])c([2H])c([2H])c([2H])c2-c2c([2H])c([2H])c([2H])c([2H])c21. The second kappa shape index (κ2) is 13.3. The smallest absolute Gasteiger partial charge is 0.137 e. The van der Waals surface area contributed by atoms with Crippen molar-refractivity contribution in [1.29, 1.82) is 0 Å². The largest absolute Gasteiger partial charge is 0.456 e. The van der Waals surface area contributed by atoms with Gasteiger partial charge in [0.15, 0.2) is 0 Å². The lowest BCUT2D eigenvalue weighted by Crippen LogP contribution is -2.25. The van der Waals surface area contributed by atoms with Gasteiger partial charge in [0.05, 0.1) is 38.6 Å². The fraction of sp³-hybridized carbons (Fsp3) is 0.0164. The fourth-order valence-electron chi connectivity index (χ4n) is 10.5. The summed E-state index contributed by atoms with van der Waals surface area (Å²) in [6.45, 7) is 0. The Labute approximate surface area is 387 Å². The van der Waals surface area contributed by atoms with Crippen molar-refractivity contribution >= 4 is 60.8 Å². The van der Waals surface area contributed by atoms with E-state index in [-0.39, 0.29) is 38.9 Å². The minimum absolute atomic E-state index is 0.0524. The number of hydrogen-bond acceptors (Lipinski definition) is 2. The summed E-state index contributed by atoms with van der Waals surface area (Å²) in [5.41, 5.74) is 6.00. The quantitative estimate of drug-likeness (QED) is 0.172. The molecule has 298 valence electrons.